The van der Waals surface area contributed by atoms with Gasteiger partial charge in [0, 0.05) is 34.2 Å². The van der Waals surface area contributed by atoms with Crippen molar-refractivity contribution in [3.8, 4) is 22.4 Å². The van der Waals surface area contributed by atoms with Crippen molar-refractivity contribution in [3.05, 3.63) is 102 Å². The second kappa shape index (κ2) is 11.6. The van der Waals surface area contributed by atoms with Crippen molar-refractivity contribution in [3.63, 3.8) is 0 Å². The Morgan fingerprint density at radius 2 is 1.68 bits per heavy atom. The zero-order valence-electron chi connectivity index (χ0n) is 23.4. The molecule has 5 rings (SSSR count). The number of benzene rings is 3. The molecule has 0 unspecified atom stereocenters. The number of ether oxygens (including phenoxy) is 1. The molecular weight excluding hydrogens is 498 g/mol. The molecule has 0 aliphatic rings. The molecule has 0 radical (unpaired) electrons. The maximum atomic E-state index is 12.6. The predicted octanol–water partition coefficient (Wildman–Crippen LogP) is 7.15. The summed E-state index contributed by atoms with van der Waals surface area (Å²) in [7, 11) is 0. The van der Waals surface area contributed by atoms with Crippen LogP contribution >= 0.6 is 0 Å². The number of hydrogen-bond donors (Lipinski definition) is 3. The highest BCUT2D eigenvalue weighted by atomic mass is 16.6. The molecule has 1 amide bonds. The maximum Gasteiger partial charge on any atom is 0.407 e. The average Bonchev–Trinajstić information content (AvgIpc) is 3.31. The van der Waals surface area contributed by atoms with E-state index in [0.29, 0.717) is 13.0 Å². The Bertz CT molecular complexity index is 1590. The van der Waals surface area contributed by atoms with Crippen LogP contribution in [0.2, 0.25) is 0 Å². The minimum absolute atomic E-state index is 0.382. The fourth-order valence-electron chi connectivity index (χ4n) is 4.66. The Morgan fingerprint density at radius 3 is 2.40 bits per heavy atom. The number of anilines is 1. The van der Waals surface area contributed by atoms with Gasteiger partial charge in [-0.05, 0) is 57.0 Å². The van der Waals surface area contributed by atoms with Crippen LogP contribution in [0.4, 0.5) is 10.5 Å². The summed E-state index contributed by atoms with van der Waals surface area (Å²) in [6.07, 6.45) is 1.61. The van der Waals surface area contributed by atoms with Gasteiger partial charge in [0.05, 0.1) is 29.6 Å². The number of aromatic amines is 1. The number of H-pyrrole nitrogens is 1. The van der Waals surface area contributed by atoms with Gasteiger partial charge in [-0.1, -0.05) is 66.7 Å². The number of aryl methyl sites for hydroxylation is 1. The lowest BCUT2D eigenvalue weighted by Crippen LogP contribution is -2.43. The monoisotopic (exact) mass is 533 g/mol. The summed E-state index contributed by atoms with van der Waals surface area (Å²) >= 11 is 0. The molecule has 0 fully saturated rings. The van der Waals surface area contributed by atoms with E-state index in [-0.39, 0.29) is 11.6 Å². The highest BCUT2D eigenvalue weighted by Gasteiger charge is 2.20. The zero-order chi connectivity index (χ0) is 28.1. The SMILES string of the molecule is Cc1[nH]nc2ccc(-c3cc(NC[C@H](Cc4ccccc4)OC(=O)NC(C)(C)C)cnc3-c3ccccc3)cc12. The number of nitrogens with one attached hydrogen (secondary N) is 3. The highest BCUT2D eigenvalue weighted by Crippen LogP contribution is 2.34. The Labute approximate surface area is 235 Å². The van der Waals surface area contributed by atoms with Crippen LogP contribution in [0.1, 0.15) is 32.0 Å². The largest absolute Gasteiger partial charge is 0.444 e. The number of rotatable bonds is 8. The first kappa shape index (κ1) is 26.9. The van der Waals surface area contributed by atoms with E-state index < -0.39 is 6.09 Å². The summed E-state index contributed by atoms with van der Waals surface area (Å²) in [5.41, 5.74) is 7.50. The number of fused-ring (bicyclic) bond motifs is 1. The lowest BCUT2D eigenvalue weighted by Gasteiger charge is -2.24. The lowest BCUT2D eigenvalue weighted by molar-refractivity contribution is 0.0970. The number of pyridine rings is 1. The third-order valence-corrected chi connectivity index (χ3v) is 6.58. The minimum Gasteiger partial charge on any atom is -0.444 e. The van der Waals surface area contributed by atoms with Crippen molar-refractivity contribution < 1.29 is 9.53 Å². The molecule has 0 aliphatic carbocycles. The normalized spacial score (nSPS) is 12.2. The second-order valence-electron chi connectivity index (χ2n) is 11.0. The molecule has 0 saturated carbocycles. The van der Waals surface area contributed by atoms with E-state index in [2.05, 4.69) is 51.2 Å². The van der Waals surface area contributed by atoms with Crippen molar-refractivity contribution in [1.29, 1.82) is 0 Å². The molecule has 7 nitrogen and oxygen atoms in total. The van der Waals surface area contributed by atoms with E-state index >= 15 is 0 Å². The first-order valence-corrected chi connectivity index (χ1v) is 13.5. The van der Waals surface area contributed by atoms with E-state index in [1.54, 1.807) is 0 Å². The van der Waals surface area contributed by atoms with E-state index in [1.165, 1.54) is 0 Å². The molecule has 0 bridgehead atoms. The van der Waals surface area contributed by atoms with Gasteiger partial charge in [-0.15, -0.1) is 0 Å². The van der Waals surface area contributed by atoms with Crippen LogP contribution in [0.5, 0.6) is 0 Å². The van der Waals surface area contributed by atoms with Gasteiger partial charge in [-0.2, -0.15) is 5.10 Å². The fraction of sp³-hybridized carbons (Fsp3) is 0.242. The Hall–Kier alpha value is -4.65. The molecule has 7 heteroatoms. The van der Waals surface area contributed by atoms with Gasteiger partial charge in [-0.3, -0.25) is 10.1 Å². The van der Waals surface area contributed by atoms with Crippen LogP contribution in [0.15, 0.2) is 91.1 Å². The first-order valence-electron chi connectivity index (χ1n) is 13.5. The molecule has 3 aromatic carbocycles. The van der Waals surface area contributed by atoms with Crippen molar-refractivity contribution in [1.82, 2.24) is 20.5 Å². The molecule has 0 saturated heterocycles. The van der Waals surface area contributed by atoms with Crippen LogP contribution in [0, 0.1) is 6.92 Å². The number of alkyl carbamates (subject to hydrolysis) is 1. The molecule has 2 aromatic heterocycles. The lowest BCUT2D eigenvalue weighted by atomic mass is 9.97. The van der Waals surface area contributed by atoms with Gasteiger partial charge in [-0.25, -0.2) is 4.79 Å². The number of aromatic nitrogens is 3. The van der Waals surface area contributed by atoms with Gasteiger partial charge >= 0.3 is 6.09 Å². The predicted molar refractivity (Wildman–Crippen MR) is 161 cm³/mol. The Balaban J connectivity index is 1.44. The van der Waals surface area contributed by atoms with Crippen LogP contribution in [0.3, 0.4) is 0 Å². The smallest absolute Gasteiger partial charge is 0.407 e. The summed E-state index contributed by atoms with van der Waals surface area (Å²) < 4.78 is 5.87. The van der Waals surface area contributed by atoms with Crippen molar-refractivity contribution in [2.75, 3.05) is 11.9 Å². The molecule has 2 heterocycles. The van der Waals surface area contributed by atoms with E-state index in [9.17, 15) is 4.79 Å². The summed E-state index contributed by atoms with van der Waals surface area (Å²) in [6.45, 7) is 8.25. The van der Waals surface area contributed by atoms with E-state index in [4.69, 9.17) is 9.72 Å². The third-order valence-electron chi connectivity index (χ3n) is 6.58. The molecule has 1 atom stereocenters. The van der Waals surface area contributed by atoms with Crippen LogP contribution < -0.4 is 10.6 Å². The standard InChI is InChI=1S/C33H35N5O2/c1-22-28-18-25(15-16-30(28)38-37-22)29-19-26(20-35-31(29)24-13-9-6-10-14-24)34-21-27(17-23-11-7-5-8-12-23)40-32(39)36-33(2,3)4/h5-16,18-20,27,34H,17,21H2,1-4H3,(H,36,39)(H,37,38)/t27-/m0/s1. The number of amides is 1. The Morgan fingerprint density at radius 1 is 0.950 bits per heavy atom. The zero-order valence-corrected chi connectivity index (χ0v) is 23.4. The number of carbonyl (C=O) groups is 1. The maximum absolute atomic E-state index is 12.6. The van der Waals surface area contributed by atoms with Gasteiger partial charge in [0.25, 0.3) is 0 Å². The van der Waals surface area contributed by atoms with E-state index in [0.717, 1.165) is 50.2 Å². The third kappa shape index (κ3) is 6.67. The van der Waals surface area contributed by atoms with Crippen molar-refractivity contribution in [2.24, 2.45) is 0 Å². The van der Waals surface area contributed by atoms with Crippen molar-refractivity contribution >= 4 is 22.7 Å². The fourth-order valence-corrected chi connectivity index (χ4v) is 4.66. The van der Waals surface area contributed by atoms with E-state index in [1.807, 2.05) is 88.5 Å². The minimum atomic E-state index is -0.433. The molecule has 0 aliphatic heterocycles. The van der Waals surface area contributed by atoms with Gasteiger partial charge in [0.2, 0.25) is 0 Å². The second-order valence-corrected chi connectivity index (χ2v) is 11.0. The summed E-state index contributed by atoms with van der Waals surface area (Å²) in [4.78, 5) is 17.5. The first-order chi connectivity index (χ1) is 19.2. The number of nitrogens with zero attached hydrogens (tertiary/aromatic N) is 2. The number of hydrogen-bond acceptors (Lipinski definition) is 5. The summed E-state index contributed by atoms with van der Waals surface area (Å²) in [5, 5.41) is 14.9. The Kier molecular flexibility index (Phi) is 7.82. The van der Waals surface area contributed by atoms with Gasteiger partial charge < -0.3 is 15.4 Å². The quantitative estimate of drug-likeness (QED) is 0.197. The van der Waals surface area contributed by atoms with Crippen LogP contribution in [-0.2, 0) is 11.2 Å². The van der Waals surface area contributed by atoms with Crippen LogP contribution in [-0.4, -0.2) is 39.5 Å². The summed E-state index contributed by atoms with van der Waals surface area (Å²) in [5.74, 6) is 0. The average molecular weight is 534 g/mol. The highest BCUT2D eigenvalue weighted by molar-refractivity contribution is 5.90. The molecule has 5 aromatic rings. The number of carbonyl (C=O) groups excluding carboxylic acids is 1. The molecular formula is C33H35N5O2. The van der Waals surface area contributed by atoms with Gasteiger partial charge in [0.15, 0.2) is 0 Å². The molecule has 3 N–H and O–H groups in total. The molecule has 204 valence electrons. The molecule has 40 heavy (non-hydrogen) atoms. The van der Waals surface area contributed by atoms with Crippen LogP contribution in [0.25, 0.3) is 33.3 Å². The van der Waals surface area contributed by atoms with Crippen molar-refractivity contribution in [2.45, 2.75) is 45.8 Å². The molecule has 0 spiro atoms. The topological polar surface area (TPSA) is 91.9 Å². The summed E-state index contributed by atoms with van der Waals surface area (Å²) in [6, 6.07) is 28.6. The van der Waals surface area contributed by atoms with Gasteiger partial charge in [0.1, 0.15) is 6.10 Å².